The van der Waals surface area contributed by atoms with Crippen LogP contribution in [-0.2, 0) is 6.54 Å². The van der Waals surface area contributed by atoms with E-state index < -0.39 is 0 Å². The molecule has 2 heterocycles. The van der Waals surface area contributed by atoms with Crippen LogP contribution in [0, 0.1) is 0 Å². The molecule has 78 valence electrons. The summed E-state index contributed by atoms with van der Waals surface area (Å²) in [6.45, 7) is 3.11. The molecular weight excluding hydrogens is 178 g/mol. The molecule has 4 heteroatoms. The van der Waals surface area contributed by atoms with Gasteiger partial charge in [-0.3, -0.25) is 4.90 Å². The Balaban J connectivity index is 1.89. The molecule has 1 aliphatic heterocycles. The van der Waals surface area contributed by atoms with Gasteiger partial charge in [-0.2, -0.15) is 4.98 Å². The number of nitrogen functional groups attached to an aromatic ring is 1. The van der Waals surface area contributed by atoms with Crippen molar-refractivity contribution in [3.8, 4) is 0 Å². The number of oxazole rings is 1. The number of rotatable bonds is 2. The molecule has 0 radical (unpaired) electrons. The van der Waals surface area contributed by atoms with Gasteiger partial charge < -0.3 is 10.2 Å². The quantitative estimate of drug-likeness (QED) is 0.779. The van der Waals surface area contributed by atoms with Gasteiger partial charge in [0.05, 0.1) is 6.54 Å². The molecule has 1 saturated heterocycles. The summed E-state index contributed by atoms with van der Waals surface area (Å²) in [5, 5.41) is 0. The third kappa shape index (κ3) is 2.48. The molecule has 2 rings (SSSR count). The van der Waals surface area contributed by atoms with Crippen molar-refractivity contribution in [2.45, 2.75) is 32.2 Å². The number of likely N-dealkylation sites (tertiary alicyclic amines) is 1. The molecule has 14 heavy (non-hydrogen) atoms. The van der Waals surface area contributed by atoms with E-state index in [0.717, 1.165) is 25.5 Å². The molecule has 1 fully saturated rings. The van der Waals surface area contributed by atoms with E-state index in [1.165, 1.54) is 31.9 Å². The Morgan fingerprint density at radius 2 is 2.00 bits per heavy atom. The van der Waals surface area contributed by atoms with Gasteiger partial charge >= 0.3 is 0 Å². The highest BCUT2D eigenvalue weighted by molar-refractivity contribution is 5.21. The second kappa shape index (κ2) is 4.46. The monoisotopic (exact) mass is 195 g/mol. The SMILES string of the molecule is Nc1coc(CN2CCCCCC2)n1. The van der Waals surface area contributed by atoms with Crippen LogP contribution >= 0.6 is 0 Å². The molecule has 0 spiro atoms. The van der Waals surface area contributed by atoms with Crippen molar-refractivity contribution in [1.29, 1.82) is 0 Å². The maximum Gasteiger partial charge on any atom is 0.210 e. The fourth-order valence-electron chi connectivity index (χ4n) is 1.88. The minimum atomic E-state index is 0.481. The Hall–Kier alpha value is -1.03. The largest absolute Gasteiger partial charge is 0.445 e. The minimum absolute atomic E-state index is 0.481. The van der Waals surface area contributed by atoms with Crippen molar-refractivity contribution in [2.75, 3.05) is 18.8 Å². The van der Waals surface area contributed by atoms with Gasteiger partial charge in [0.15, 0.2) is 5.82 Å². The summed E-state index contributed by atoms with van der Waals surface area (Å²) >= 11 is 0. The minimum Gasteiger partial charge on any atom is -0.445 e. The molecule has 0 saturated carbocycles. The molecule has 0 bridgehead atoms. The maximum atomic E-state index is 5.49. The van der Waals surface area contributed by atoms with Gasteiger partial charge in [-0.05, 0) is 25.9 Å². The third-order valence-electron chi connectivity index (χ3n) is 2.63. The maximum absolute atomic E-state index is 5.49. The highest BCUT2D eigenvalue weighted by atomic mass is 16.3. The van der Waals surface area contributed by atoms with Crippen LogP contribution in [0.25, 0.3) is 0 Å². The van der Waals surface area contributed by atoms with Crippen LogP contribution in [0.4, 0.5) is 5.82 Å². The zero-order valence-electron chi connectivity index (χ0n) is 8.41. The highest BCUT2D eigenvalue weighted by Crippen LogP contribution is 2.13. The van der Waals surface area contributed by atoms with Crippen LogP contribution in [0.3, 0.4) is 0 Å². The molecule has 0 amide bonds. The van der Waals surface area contributed by atoms with E-state index in [-0.39, 0.29) is 0 Å². The summed E-state index contributed by atoms with van der Waals surface area (Å²) < 4.78 is 5.23. The molecule has 1 aromatic heterocycles. The van der Waals surface area contributed by atoms with Gasteiger partial charge in [0.25, 0.3) is 0 Å². The number of nitrogens with two attached hydrogens (primary N) is 1. The second-order valence-corrected chi connectivity index (χ2v) is 3.86. The molecule has 2 N–H and O–H groups in total. The van der Waals surface area contributed by atoms with Crippen molar-refractivity contribution in [3.63, 3.8) is 0 Å². The van der Waals surface area contributed by atoms with Gasteiger partial charge in [-0.15, -0.1) is 0 Å². The van der Waals surface area contributed by atoms with Crippen molar-refractivity contribution in [3.05, 3.63) is 12.2 Å². The lowest BCUT2D eigenvalue weighted by atomic mass is 10.2. The first-order valence-electron chi connectivity index (χ1n) is 5.27. The zero-order valence-corrected chi connectivity index (χ0v) is 8.41. The fraction of sp³-hybridized carbons (Fsp3) is 0.700. The van der Waals surface area contributed by atoms with E-state index in [4.69, 9.17) is 10.2 Å². The molecule has 0 aromatic carbocycles. The Kier molecular flexibility index (Phi) is 3.03. The van der Waals surface area contributed by atoms with Crippen LogP contribution < -0.4 is 5.73 Å². The van der Waals surface area contributed by atoms with E-state index in [9.17, 15) is 0 Å². The molecule has 4 nitrogen and oxygen atoms in total. The van der Waals surface area contributed by atoms with Gasteiger partial charge in [0, 0.05) is 0 Å². The first-order valence-corrected chi connectivity index (χ1v) is 5.27. The van der Waals surface area contributed by atoms with Gasteiger partial charge in [0.1, 0.15) is 6.26 Å². The summed E-state index contributed by atoms with van der Waals surface area (Å²) in [6, 6.07) is 0. The van der Waals surface area contributed by atoms with E-state index in [1.54, 1.807) is 0 Å². The van der Waals surface area contributed by atoms with E-state index in [1.807, 2.05) is 0 Å². The summed E-state index contributed by atoms with van der Waals surface area (Å²) in [7, 11) is 0. The average molecular weight is 195 g/mol. The molecule has 0 unspecified atom stereocenters. The number of anilines is 1. The van der Waals surface area contributed by atoms with Crippen LogP contribution in [-0.4, -0.2) is 23.0 Å². The molecule has 1 aromatic rings. The van der Waals surface area contributed by atoms with Gasteiger partial charge in [-0.25, -0.2) is 0 Å². The smallest absolute Gasteiger partial charge is 0.210 e. The second-order valence-electron chi connectivity index (χ2n) is 3.86. The van der Waals surface area contributed by atoms with Crippen LogP contribution in [0.5, 0.6) is 0 Å². The predicted octanol–water partition coefficient (Wildman–Crippen LogP) is 1.63. The van der Waals surface area contributed by atoms with E-state index in [2.05, 4.69) is 9.88 Å². The molecule has 1 aliphatic rings. The lowest BCUT2D eigenvalue weighted by molar-refractivity contribution is 0.248. The number of aromatic nitrogens is 1. The topological polar surface area (TPSA) is 55.3 Å². The first kappa shape index (κ1) is 9.52. The molecule has 0 aliphatic carbocycles. The van der Waals surface area contributed by atoms with Crippen molar-refractivity contribution in [1.82, 2.24) is 9.88 Å². The average Bonchev–Trinajstić information content (AvgIpc) is 2.43. The van der Waals surface area contributed by atoms with Crippen LogP contribution in [0.1, 0.15) is 31.6 Å². The Morgan fingerprint density at radius 1 is 1.29 bits per heavy atom. The normalized spacial score (nSPS) is 19.4. The van der Waals surface area contributed by atoms with Crippen LogP contribution in [0.2, 0.25) is 0 Å². The van der Waals surface area contributed by atoms with Gasteiger partial charge in [-0.1, -0.05) is 12.8 Å². The van der Waals surface area contributed by atoms with Crippen molar-refractivity contribution < 1.29 is 4.42 Å². The standard InChI is InChI=1S/C10H17N3O/c11-9-8-14-10(12-9)7-13-5-3-1-2-4-6-13/h8H,1-7,11H2. The van der Waals surface area contributed by atoms with E-state index >= 15 is 0 Å². The first-order chi connectivity index (χ1) is 6.84. The third-order valence-corrected chi connectivity index (χ3v) is 2.63. The summed E-state index contributed by atoms with van der Waals surface area (Å²) in [6.07, 6.45) is 6.79. The Bertz CT molecular complexity index is 277. The number of nitrogens with zero attached hydrogens (tertiary/aromatic N) is 2. The Labute approximate surface area is 84.1 Å². The van der Waals surface area contributed by atoms with Crippen molar-refractivity contribution >= 4 is 5.82 Å². The zero-order chi connectivity index (χ0) is 9.80. The van der Waals surface area contributed by atoms with Crippen molar-refractivity contribution in [2.24, 2.45) is 0 Å². The lowest BCUT2D eigenvalue weighted by Crippen LogP contribution is -2.24. The summed E-state index contributed by atoms with van der Waals surface area (Å²) in [5.41, 5.74) is 5.49. The summed E-state index contributed by atoms with van der Waals surface area (Å²) in [4.78, 5) is 6.49. The van der Waals surface area contributed by atoms with Gasteiger partial charge in [0.2, 0.25) is 5.89 Å². The predicted molar refractivity (Wildman–Crippen MR) is 54.7 cm³/mol. The Morgan fingerprint density at radius 3 is 2.57 bits per heavy atom. The molecular formula is C10H17N3O. The highest BCUT2D eigenvalue weighted by Gasteiger charge is 2.11. The number of hydrogen-bond acceptors (Lipinski definition) is 4. The fourth-order valence-corrected chi connectivity index (χ4v) is 1.88. The molecule has 0 atom stereocenters. The van der Waals surface area contributed by atoms with E-state index in [0.29, 0.717) is 5.82 Å². The summed E-state index contributed by atoms with van der Waals surface area (Å²) in [5.74, 6) is 1.22. The number of hydrogen-bond donors (Lipinski definition) is 1. The lowest BCUT2D eigenvalue weighted by Gasteiger charge is -2.16. The van der Waals surface area contributed by atoms with Crippen LogP contribution in [0.15, 0.2) is 10.7 Å².